The largest absolute Gasteiger partial charge is 0.360 e. The minimum absolute atomic E-state index is 0.170. The van der Waals surface area contributed by atoms with E-state index in [1.807, 2.05) is 48.5 Å². The first-order valence-corrected chi connectivity index (χ1v) is 9.77. The van der Waals surface area contributed by atoms with Crippen molar-refractivity contribution in [2.45, 2.75) is 25.3 Å². The highest BCUT2D eigenvalue weighted by Crippen LogP contribution is 2.26. The lowest BCUT2D eigenvalue weighted by Gasteiger charge is -2.14. The minimum Gasteiger partial charge on any atom is -0.360 e. The minimum atomic E-state index is -0.632. The van der Waals surface area contributed by atoms with Crippen molar-refractivity contribution in [2.75, 3.05) is 5.32 Å². The van der Waals surface area contributed by atoms with E-state index in [-0.39, 0.29) is 11.6 Å². The van der Waals surface area contributed by atoms with Crippen molar-refractivity contribution in [2.24, 2.45) is 0 Å². The topological polar surface area (TPSA) is 84.2 Å². The smallest absolute Gasteiger partial charge is 0.274 e. The molecule has 0 aliphatic carbocycles. The number of halogens is 1. The highest BCUT2D eigenvalue weighted by Gasteiger charge is 2.26. The van der Waals surface area contributed by atoms with Crippen LogP contribution in [-0.4, -0.2) is 23.0 Å². The Bertz CT molecular complexity index is 1020. The van der Waals surface area contributed by atoms with Gasteiger partial charge in [-0.1, -0.05) is 57.5 Å². The van der Waals surface area contributed by atoms with Gasteiger partial charge in [0.1, 0.15) is 11.8 Å². The molecular formula is C21H18BrN3O3. The number of nitrogens with zero attached hydrogens (tertiary/aromatic N) is 1. The number of carbonyl (C=O) groups is 2. The predicted molar refractivity (Wildman–Crippen MR) is 108 cm³/mol. The Labute approximate surface area is 170 Å². The maximum absolute atomic E-state index is 12.5. The van der Waals surface area contributed by atoms with Crippen LogP contribution in [0.25, 0.3) is 0 Å². The fourth-order valence-electron chi connectivity index (χ4n) is 3.20. The van der Waals surface area contributed by atoms with E-state index in [1.165, 1.54) is 0 Å². The van der Waals surface area contributed by atoms with Crippen molar-refractivity contribution < 1.29 is 14.1 Å². The number of aryl methyl sites for hydroxylation is 1. The maximum atomic E-state index is 12.5. The molecule has 2 N–H and O–H groups in total. The fraction of sp³-hybridized carbons (Fsp3) is 0.190. The van der Waals surface area contributed by atoms with Crippen LogP contribution in [0.3, 0.4) is 0 Å². The summed E-state index contributed by atoms with van der Waals surface area (Å²) in [6.07, 6.45) is 1.75. The Balaban J connectivity index is 1.42. The molecule has 3 aromatic rings. The van der Waals surface area contributed by atoms with Crippen LogP contribution >= 0.6 is 15.9 Å². The van der Waals surface area contributed by atoms with E-state index in [1.54, 1.807) is 6.07 Å². The van der Waals surface area contributed by atoms with Gasteiger partial charge in [0.2, 0.25) is 5.91 Å². The molecule has 2 amide bonds. The second kappa shape index (κ2) is 7.98. The second-order valence-corrected chi connectivity index (χ2v) is 7.61. The van der Waals surface area contributed by atoms with Crippen molar-refractivity contribution in [3.63, 3.8) is 0 Å². The quantitative estimate of drug-likeness (QED) is 0.648. The van der Waals surface area contributed by atoms with Crippen molar-refractivity contribution in [3.8, 4) is 0 Å². The Morgan fingerprint density at radius 3 is 2.86 bits per heavy atom. The van der Waals surface area contributed by atoms with Gasteiger partial charge in [0, 0.05) is 22.6 Å². The normalized spacial score (nSPS) is 16.0. The molecule has 7 heteroatoms. The standard InChI is InChI=1S/C21H18BrN3O3/c22-15-8-6-14-7-9-17(20(26)24-18(14)11-15)23-21(27)19-12-16(28-25-19)10-13-4-2-1-3-5-13/h1-6,8,11-12,17H,7,9-10H2,(H,23,27)(H,24,26)/t17-/m0/s1. The van der Waals surface area contributed by atoms with Gasteiger partial charge in [0.15, 0.2) is 5.69 Å². The van der Waals surface area contributed by atoms with E-state index in [0.29, 0.717) is 25.0 Å². The molecule has 28 heavy (non-hydrogen) atoms. The van der Waals surface area contributed by atoms with Crippen LogP contribution in [0.4, 0.5) is 5.69 Å². The van der Waals surface area contributed by atoms with Crippen molar-refractivity contribution >= 4 is 33.4 Å². The molecule has 2 heterocycles. The summed E-state index contributed by atoms with van der Waals surface area (Å²) in [6, 6.07) is 16.5. The van der Waals surface area contributed by atoms with Gasteiger partial charge in [-0.3, -0.25) is 9.59 Å². The van der Waals surface area contributed by atoms with Crippen LogP contribution in [0.5, 0.6) is 0 Å². The second-order valence-electron chi connectivity index (χ2n) is 6.70. The number of benzene rings is 2. The zero-order chi connectivity index (χ0) is 19.5. The number of fused-ring (bicyclic) bond motifs is 1. The third kappa shape index (κ3) is 4.14. The molecule has 0 fully saturated rings. The van der Waals surface area contributed by atoms with Crippen LogP contribution in [0, 0.1) is 0 Å². The lowest BCUT2D eigenvalue weighted by atomic mass is 10.1. The monoisotopic (exact) mass is 439 g/mol. The zero-order valence-corrected chi connectivity index (χ0v) is 16.5. The fourth-order valence-corrected chi connectivity index (χ4v) is 3.57. The summed E-state index contributed by atoms with van der Waals surface area (Å²) >= 11 is 3.41. The SMILES string of the molecule is O=C(N[C@H]1CCc2ccc(Br)cc2NC1=O)c1cc(Cc2ccccc2)on1. The summed E-state index contributed by atoms with van der Waals surface area (Å²) in [6.45, 7) is 0. The van der Waals surface area contributed by atoms with Gasteiger partial charge >= 0.3 is 0 Å². The van der Waals surface area contributed by atoms with Crippen molar-refractivity contribution in [1.29, 1.82) is 0 Å². The average Bonchev–Trinajstić information content (AvgIpc) is 3.09. The number of rotatable bonds is 4. The van der Waals surface area contributed by atoms with Gasteiger partial charge in [-0.05, 0) is 36.1 Å². The number of amides is 2. The van der Waals surface area contributed by atoms with Gasteiger partial charge in [0.25, 0.3) is 5.91 Å². The lowest BCUT2D eigenvalue weighted by Crippen LogP contribution is -2.43. The number of nitrogens with one attached hydrogen (secondary N) is 2. The third-order valence-electron chi connectivity index (χ3n) is 4.67. The molecule has 0 bridgehead atoms. The summed E-state index contributed by atoms with van der Waals surface area (Å²) in [5.41, 5.74) is 3.04. The van der Waals surface area contributed by atoms with Gasteiger partial charge in [-0.25, -0.2) is 0 Å². The molecule has 0 saturated carbocycles. The maximum Gasteiger partial charge on any atom is 0.274 e. The van der Waals surface area contributed by atoms with Gasteiger partial charge < -0.3 is 15.2 Å². The summed E-state index contributed by atoms with van der Waals surface area (Å²) in [5, 5.41) is 9.50. The molecule has 1 aromatic heterocycles. The summed E-state index contributed by atoms with van der Waals surface area (Å²) in [7, 11) is 0. The molecule has 1 aliphatic heterocycles. The molecule has 2 aromatic carbocycles. The zero-order valence-electron chi connectivity index (χ0n) is 14.9. The number of hydrogen-bond donors (Lipinski definition) is 2. The van der Waals surface area contributed by atoms with Crippen LogP contribution < -0.4 is 10.6 Å². The summed E-state index contributed by atoms with van der Waals surface area (Å²) in [4.78, 5) is 25.1. The molecule has 6 nitrogen and oxygen atoms in total. The van der Waals surface area contributed by atoms with E-state index >= 15 is 0 Å². The van der Waals surface area contributed by atoms with E-state index in [2.05, 4.69) is 31.7 Å². The average molecular weight is 440 g/mol. The Morgan fingerprint density at radius 1 is 1.21 bits per heavy atom. The van der Waals surface area contributed by atoms with Crippen LogP contribution in [0.2, 0.25) is 0 Å². The van der Waals surface area contributed by atoms with E-state index in [4.69, 9.17) is 4.52 Å². The highest BCUT2D eigenvalue weighted by molar-refractivity contribution is 9.10. The van der Waals surface area contributed by atoms with Crippen LogP contribution in [0.15, 0.2) is 63.6 Å². The summed E-state index contributed by atoms with van der Waals surface area (Å²) in [5.74, 6) is -0.0625. The first kappa shape index (κ1) is 18.4. The van der Waals surface area contributed by atoms with Crippen LogP contribution in [0.1, 0.15) is 33.8 Å². The molecule has 0 radical (unpaired) electrons. The number of hydrogen-bond acceptors (Lipinski definition) is 4. The summed E-state index contributed by atoms with van der Waals surface area (Å²) < 4.78 is 6.17. The van der Waals surface area contributed by atoms with Crippen molar-refractivity contribution in [1.82, 2.24) is 10.5 Å². The molecule has 1 aliphatic rings. The van der Waals surface area contributed by atoms with Gasteiger partial charge in [0.05, 0.1) is 0 Å². The molecule has 142 valence electrons. The van der Waals surface area contributed by atoms with Crippen molar-refractivity contribution in [3.05, 3.63) is 81.7 Å². The molecule has 0 spiro atoms. The van der Waals surface area contributed by atoms with Gasteiger partial charge in [-0.2, -0.15) is 0 Å². The van der Waals surface area contributed by atoms with E-state index in [0.717, 1.165) is 21.3 Å². The Kier molecular flexibility index (Phi) is 5.25. The first-order chi connectivity index (χ1) is 13.6. The Hall–Kier alpha value is -2.93. The van der Waals surface area contributed by atoms with E-state index in [9.17, 15) is 9.59 Å². The molecule has 0 unspecified atom stereocenters. The predicted octanol–water partition coefficient (Wildman–Crippen LogP) is 3.71. The highest BCUT2D eigenvalue weighted by atomic mass is 79.9. The first-order valence-electron chi connectivity index (χ1n) is 8.98. The van der Waals surface area contributed by atoms with Gasteiger partial charge in [-0.15, -0.1) is 0 Å². The molecule has 0 saturated heterocycles. The van der Waals surface area contributed by atoms with Crippen LogP contribution in [-0.2, 0) is 17.6 Å². The lowest BCUT2D eigenvalue weighted by molar-refractivity contribution is -0.118. The third-order valence-corrected chi connectivity index (χ3v) is 5.16. The Morgan fingerprint density at radius 2 is 2.04 bits per heavy atom. The number of aromatic nitrogens is 1. The number of anilines is 1. The molecule has 4 rings (SSSR count). The number of carbonyl (C=O) groups excluding carboxylic acids is 2. The molecule has 1 atom stereocenters. The van der Waals surface area contributed by atoms with E-state index < -0.39 is 11.9 Å². The molecular weight excluding hydrogens is 422 g/mol.